The van der Waals surface area contributed by atoms with Gasteiger partial charge in [0.1, 0.15) is 0 Å². The van der Waals surface area contributed by atoms with Gasteiger partial charge in [-0.3, -0.25) is 165 Å². The van der Waals surface area contributed by atoms with E-state index in [1.807, 2.05) is 0 Å². The minimum Gasteiger partial charge on any atom is -0.480 e. The molecule has 18 N–H and O–H groups in total. The Morgan fingerprint density at radius 2 is 0.338 bits per heavy atom. The second-order valence-corrected chi connectivity index (χ2v) is 40.2. The molecule has 0 aromatic heterocycles. The van der Waals surface area contributed by atoms with Crippen molar-refractivity contribution in [1.29, 1.82) is 0 Å². The number of aliphatic hydroxyl groups excluding tert-OH is 2. The topological polar surface area (TPSA) is 703 Å². The maximum Gasteiger partial charge on any atom is 0.317 e. The van der Waals surface area contributed by atoms with Gasteiger partial charge in [-0.25, -0.2) is 0 Å². The van der Waals surface area contributed by atoms with Gasteiger partial charge < -0.3 is 112 Å². The third-order valence-electron chi connectivity index (χ3n) is 25.0. The predicted molar refractivity (Wildman–Crippen MR) is 531 cm³/mol. The molecule has 56 nitrogen and oxygen atoms in total. The van der Waals surface area contributed by atoms with Crippen LogP contribution >= 0.6 is 0 Å². The zero-order valence-electron chi connectivity index (χ0n) is 87.2. The molecule has 4 aliphatic heterocycles. The van der Waals surface area contributed by atoms with E-state index in [2.05, 4.69) is 21.3 Å². The minimum absolute atomic E-state index is 0.00256. The average Bonchev–Trinajstić information content (AvgIpc) is 0.828. The Hall–Kier alpha value is -10.3. The van der Waals surface area contributed by atoms with Crippen molar-refractivity contribution in [3.8, 4) is 0 Å². The molecule has 0 saturated carbocycles. The molecule has 0 aliphatic carbocycles. The molecule has 0 spiro atoms. The van der Waals surface area contributed by atoms with Crippen LogP contribution in [0.3, 0.4) is 0 Å². The van der Waals surface area contributed by atoms with Gasteiger partial charge in [0.25, 0.3) is 0 Å². The molecule has 56 heteroatoms. The van der Waals surface area contributed by atoms with E-state index >= 15 is 38.4 Å². The lowest BCUT2D eigenvalue weighted by Crippen LogP contribution is -2.68. The monoisotopic (exact) mass is 2120 g/mol. The van der Waals surface area contributed by atoms with Gasteiger partial charge >= 0.3 is 59.7 Å². The first-order valence-corrected chi connectivity index (χ1v) is 50.3. The second-order valence-electron chi connectivity index (χ2n) is 40.2. The Bertz CT molecular complexity index is 3960. The minimum atomic E-state index is -2.24. The number of nitrogens with zero attached hydrogens (tertiary/aromatic N) is 20. The predicted octanol–water partition coefficient (Wildman–Crippen LogP) is -11.5. The van der Waals surface area contributed by atoms with Crippen molar-refractivity contribution in [2.45, 2.75) is 73.5 Å². The highest BCUT2D eigenvalue weighted by molar-refractivity contribution is 5.90. The third-order valence-corrected chi connectivity index (χ3v) is 25.0. The molecule has 0 bridgehead atoms. The van der Waals surface area contributed by atoms with E-state index < -0.39 is 268 Å². The molecule has 0 aromatic rings. The van der Waals surface area contributed by atoms with E-state index in [9.17, 15) is 119 Å². The number of rotatable bonds is 55. The first-order chi connectivity index (χ1) is 69.6. The fraction of sp³-hybridized carbons (Fsp3) is 0.804. The molecular formula is C92H166N24O32. The number of nitrogens with one attached hydrogen (secondary N) is 4. The Morgan fingerprint density at radius 1 is 0.209 bits per heavy atom. The Labute approximate surface area is 863 Å². The van der Waals surface area contributed by atoms with Gasteiger partial charge in [-0.1, -0.05) is 55.4 Å². The molecule has 0 radical (unpaired) electrons. The summed E-state index contributed by atoms with van der Waals surface area (Å²) < 4.78 is 0. The zero-order valence-corrected chi connectivity index (χ0v) is 87.2. The number of β-amino-alcohol motifs (C(OH)–C–C–N with tert-alkyl or cyclic N) is 4. The molecular weight excluding hydrogens is 1950 g/mol. The molecule has 0 aromatic carbocycles. The van der Waals surface area contributed by atoms with Crippen LogP contribution in [0.1, 0.15) is 55.4 Å². The fourth-order valence-corrected chi connectivity index (χ4v) is 17.5. The number of carboxylic acids is 10. The molecule has 4 fully saturated rings. The number of aliphatic carboxylic acids is 10. The average molecular weight is 2120 g/mol. The third kappa shape index (κ3) is 58.7. The highest BCUT2D eigenvalue weighted by Crippen LogP contribution is 2.16. The fourth-order valence-electron chi connectivity index (χ4n) is 17.5. The highest BCUT2D eigenvalue weighted by Gasteiger charge is 2.39. The summed E-state index contributed by atoms with van der Waals surface area (Å²) in [5.74, 6) is -19.9. The van der Waals surface area contributed by atoms with Gasteiger partial charge in [0.15, 0.2) is 12.6 Å². The maximum absolute atomic E-state index is 15.9. The molecule has 0 atom stereocenters. The molecule has 4 heterocycles. The van der Waals surface area contributed by atoms with Gasteiger partial charge in [0.05, 0.1) is 123 Å². The summed E-state index contributed by atoms with van der Waals surface area (Å²) in [6.07, 6.45) is -3.59. The van der Waals surface area contributed by atoms with Crippen molar-refractivity contribution in [1.82, 2.24) is 119 Å². The van der Waals surface area contributed by atoms with E-state index in [0.717, 1.165) is 0 Å². The van der Waals surface area contributed by atoms with Crippen LogP contribution < -0.4 is 21.3 Å². The van der Waals surface area contributed by atoms with Crippen LogP contribution in [0.15, 0.2) is 0 Å². The summed E-state index contributed by atoms with van der Waals surface area (Å²) in [5.41, 5.74) is -2.24. The number of hydrogen-bond acceptors (Lipinski definition) is 38. The summed E-state index contributed by atoms with van der Waals surface area (Å²) >= 11 is 0. The Morgan fingerprint density at radius 3 is 0.466 bits per heavy atom. The van der Waals surface area contributed by atoms with Gasteiger partial charge in [0.2, 0.25) is 47.3 Å². The van der Waals surface area contributed by atoms with Gasteiger partial charge in [-0.15, -0.1) is 0 Å². The highest BCUT2D eigenvalue weighted by atomic mass is 16.5. The Balaban J connectivity index is 2.02. The van der Waals surface area contributed by atoms with E-state index in [1.165, 1.54) is 19.6 Å². The number of carbonyl (C=O) groups excluding carboxylic acids is 8. The maximum atomic E-state index is 15.9. The van der Waals surface area contributed by atoms with Crippen LogP contribution in [0.25, 0.3) is 0 Å². The quantitative estimate of drug-likeness (QED) is 0.0251. The zero-order chi connectivity index (χ0) is 110. The first kappa shape index (κ1) is 130. The van der Waals surface area contributed by atoms with Crippen molar-refractivity contribution in [3.05, 3.63) is 0 Å². The first-order valence-electron chi connectivity index (χ1n) is 50.3. The van der Waals surface area contributed by atoms with Crippen LogP contribution in [0, 0.1) is 23.7 Å². The van der Waals surface area contributed by atoms with E-state index in [0.29, 0.717) is 0 Å². The Kier molecular flexibility index (Phi) is 60.7. The normalized spacial score (nSPS) is 18.1. The molecule has 0 unspecified atom stereocenters. The van der Waals surface area contributed by atoms with Crippen LogP contribution in [-0.4, -0.2) is 681 Å². The van der Waals surface area contributed by atoms with Crippen molar-refractivity contribution in [3.63, 3.8) is 0 Å². The van der Waals surface area contributed by atoms with Crippen LogP contribution in [-0.2, 0) is 86.3 Å². The summed E-state index contributed by atoms with van der Waals surface area (Å²) in [6, 6.07) is 0. The number of carbonyl (C=O) groups is 18. The van der Waals surface area contributed by atoms with Crippen molar-refractivity contribution in [2.24, 2.45) is 23.7 Å². The molecule has 846 valence electrons. The van der Waals surface area contributed by atoms with Crippen molar-refractivity contribution < 1.29 is 158 Å². The summed E-state index contributed by atoms with van der Waals surface area (Å²) in [5, 5.41) is 151. The van der Waals surface area contributed by atoms with Crippen LogP contribution in [0.5, 0.6) is 0 Å². The van der Waals surface area contributed by atoms with Gasteiger partial charge in [-0.05, 0) is 23.7 Å². The number of amides is 8. The van der Waals surface area contributed by atoms with E-state index in [-0.39, 0.29) is 266 Å². The molecule has 4 rings (SSSR count). The van der Waals surface area contributed by atoms with Gasteiger partial charge in [-0.2, -0.15) is 0 Å². The number of hydrogen-bond donors (Lipinski definition) is 18. The van der Waals surface area contributed by atoms with Crippen LogP contribution in [0.4, 0.5) is 0 Å². The van der Waals surface area contributed by atoms with E-state index in [1.54, 1.807) is 134 Å². The lowest BCUT2D eigenvalue weighted by Gasteiger charge is -2.38. The van der Waals surface area contributed by atoms with Crippen LogP contribution in [0.2, 0.25) is 0 Å². The lowest BCUT2D eigenvalue weighted by molar-refractivity contribution is -0.141. The SMILES string of the molecule is CC(C)CN(CC(=O)NCC(CNC(=O)CN(CC(C)C)C(=O)CN1CCN(CC(=O)O)CCN(CC(=O)O)CCN(CC(=O)O)CC1)(CNC(=O)CN(CC(C)C)C(=O)CN1CCN(CC(=O)O)CCN(CC(O)O)CCN(CC(O)O)CC1)NC(=O)CN(CC(C)C)C(=O)CN1CCN(CC(=O)O)CCN(CC(=O)O)CCN(CC(=O)O)CC1)C(=O)CN1CCN(CC(=O)O)CCN(CC(=O)O)CCN(CC(=O)O)CC1. The molecule has 8 amide bonds. The molecule has 4 aliphatic rings. The molecule has 148 heavy (non-hydrogen) atoms. The summed E-state index contributed by atoms with van der Waals surface area (Å²) in [4.78, 5) is 276. The number of carboxylic acid groups (broad SMARTS) is 10. The standard InChI is InChI=1S/C92H166N24O32/c1-68(2)41-113(76(121)49-97-9-17-101(53-80(125)126)25-33-109(61-88(141)142)34-26-102(18-10-97)54-81(127)128)45-72(117)93-65-92(96-75(120)48-116(44-71(7)8)79(124)52-100-15-23-107(59-86(137)138)31-39-112(64-91(147)148)40-32-108(24-16-100)60-87(139)140,66-94-73(118)46-114(42-69(3)4)77(122)50-98-11-19-103(55-82(129)130)27-35-110(62-89(143)144)36-28-104(20-12-98)56-83(131)132)67-95-74(119)47-115(43-70(5)6)78(123)51-99-13-21-105(57-84(133)134)29-37-111(63-90(145)146)38-30-106(22-14-99)58-85(135)136/h68-71,80,88,125-126,141-142H,9-67H2,1-8H3,(H,93,117)(H,94,118)(H,95,119)(H,96,120)(H,127,128)(H,129,130)(H,131,132)(H,133,134)(H,135,136)(H,137,138)(H,139,140)(H,143,144)(H,145,146)(H,147,148). The summed E-state index contributed by atoms with van der Waals surface area (Å²) in [6.45, 7) is 2.49. The van der Waals surface area contributed by atoms with Crippen molar-refractivity contribution >= 4 is 107 Å². The molecule has 4 saturated heterocycles. The smallest absolute Gasteiger partial charge is 0.317 e. The second kappa shape index (κ2) is 69.2. The van der Waals surface area contributed by atoms with E-state index in [4.69, 9.17) is 0 Å². The van der Waals surface area contributed by atoms with Gasteiger partial charge in [0, 0.05) is 268 Å². The lowest BCUT2D eigenvalue weighted by atomic mass is 9.98. The largest absolute Gasteiger partial charge is 0.480 e. The summed E-state index contributed by atoms with van der Waals surface area (Å²) in [7, 11) is 0. The number of aliphatic hydroxyl groups is 4. The van der Waals surface area contributed by atoms with Crippen molar-refractivity contribution in [2.75, 3.05) is 386 Å².